The maximum atomic E-state index is 14.9. The molecule has 2 aromatic rings. The molecular weight excluding hydrogens is 356 g/mol. The minimum atomic E-state index is -1.28. The highest BCUT2D eigenvalue weighted by Gasteiger charge is 2.24. The molecule has 2 aromatic carbocycles. The van der Waals surface area contributed by atoms with Crippen LogP contribution < -0.4 is 5.46 Å². The first-order chi connectivity index (χ1) is 13.7. The molecular formula is C26H32BFN+. The third-order valence-electron chi connectivity index (χ3n) is 5.36. The van der Waals surface area contributed by atoms with Crippen molar-refractivity contribution in [1.82, 2.24) is 0 Å². The largest absolute Gasteiger partial charge is 0.239 e. The fourth-order valence-electron chi connectivity index (χ4n) is 3.43. The zero-order valence-corrected chi connectivity index (χ0v) is 18.0. The number of allylic oxidation sites excluding steroid dienone is 2. The van der Waals surface area contributed by atoms with E-state index >= 15 is 0 Å². The summed E-state index contributed by atoms with van der Waals surface area (Å²) in [5.74, 6) is 0. The van der Waals surface area contributed by atoms with Crippen LogP contribution in [0.5, 0.6) is 0 Å². The average molecular weight is 388 g/mol. The van der Waals surface area contributed by atoms with Crippen LogP contribution in [0.1, 0.15) is 56.2 Å². The molecule has 0 aliphatic heterocycles. The molecule has 0 spiro atoms. The molecule has 0 bridgehead atoms. The Bertz CT molecular complexity index is 881. The Labute approximate surface area is 177 Å². The van der Waals surface area contributed by atoms with Crippen molar-refractivity contribution in [3.05, 3.63) is 77.4 Å². The van der Waals surface area contributed by atoms with Crippen LogP contribution in [0.25, 0.3) is 6.08 Å². The summed E-state index contributed by atoms with van der Waals surface area (Å²) < 4.78 is 16.9. The Morgan fingerprint density at radius 3 is 2.48 bits per heavy atom. The molecule has 0 aliphatic carbocycles. The van der Waals surface area contributed by atoms with Gasteiger partial charge in [0.25, 0.3) is 0 Å². The molecule has 0 fully saturated rings. The van der Waals surface area contributed by atoms with E-state index in [2.05, 4.69) is 19.4 Å². The van der Waals surface area contributed by atoms with Crippen molar-refractivity contribution in [3.8, 4) is 0 Å². The quantitative estimate of drug-likeness (QED) is 0.151. The van der Waals surface area contributed by atoms with Crippen LogP contribution in [0.2, 0.25) is 0 Å². The van der Waals surface area contributed by atoms with E-state index in [0.717, 1.165) is 59.2 Å². The zero-order valence-electron chi connectivity index (χ0n) is 18.0. The fraction of sp³-hybridized carbons (Fsp3) is 0.346. The summed E-state index contributed by atoms with van der Waals surface area (Å²) in [6.45, 7) is 14.6. The topological polar surface area (TPSA) is 3.01 Å². The fourth-order valence-corrected chi connectivity index (χ4v) is 3.43. The van der Waals surface area contributed by atoms with Gasteiger partial charge in [0, 0.05) is 18.1 Å². The second kappa shape index (κ2) is 10.4. The summed E-state index contributed by atoms with van der Waals surface area (Å²) in [5.41, 5.74) is 4.40. The molecule has 0 saturated heterocycles. The summed E-state index contributed by atoms with van der Waals surface area (Å²) >= 11 is 0. The third-order valence-corrected chi connectivity index (χ3v) is 5.36. The van der Waals surface area contributed by atoms with E-state index < -0.39 is 5.67 Å². The average Bonchev–Trinajstić information content (AvgIpc) is 2.69. The number of unbranched alkanes of at least 4 members (excludes halogenated alkanes) is 2. The van der Waals surface area contributed by atoms with Gasteiger partial charge in [0.05, 0.1) is 0 Å². The lowest BCUT2D eigenvalue weighted by Crippen LogP contribution is -2.15. The van der Waals surface area contributed by atoms with Crippen molar-refractivity contribution in [3.63, 3.8) is 0 Å². The Balaban J connectivity index is 1.93. The molecule has 150 valence electrons. The van der Waals surface area contributed by atoms with E-state index in [-0.39, 0.29) is 0 Å². The van der Waals surface area contributed by atoms with Crippen LogP contribution in [0.15, 0.2) is 60.7 Å². The first-order valence-electron chi connectivity index (χ1n) is 10.3. The molecule has 0 N–H and O–H groups in total. The summed E-state index contributed by atoms with van der Waals surface area (Å²) in [6.07, 6.45) is 7.34. The lowest BCUT2D eigenvalue weighted by molar-refractivity contribution is -0.432. The van der Waals surface area contributed by atoms with E-state index in [9.17, 15) is 4.39 Å². The second-order valence-electron chi connectivity index (χ2n) is 8.03. The van der Waals surface area contributed by atoms with Crippen molar-refractivity contribution in [2.75, 3.05) is 6.54 Å². The van der Waals surface area contributed by atoms with Gasteiger partial charge in [-0.1, -0.05) is 60.1 Å². The number of alkyl halides is 1. The molecule has 1 atom stereocenters. The van der Waals surface area contributed by atoms with Crippen LogP contribution in [0.3, 0.4) is 0 Å². The van der Waals surface area contributed by atoms with E-state index in [0.29, 0.717) is 6.42 Å². The molecule has 2 radical (unpaired) electrons. The van der Waals surface area contributed by atoms with Crippen molar-refractivity contribution in [2.24, 2.45) is 0 Å². The van der Waals surface area contributed by atoms with Gasteiger partial charge in [-0.3, -0.25) is 0 Å². The van der Waals surface area contributed by atoms with Gasteiger partial charge >= 0.3 is 0 Å². The standard InChI is InChI=1S/C26H32BFN/c1-20(2)14-15-23-21(3)24(27)16-17-25(23)29(5)19-11-7-10-18-26(4,28)22-12-8-6-9-13-22/h6,8-9,12-17H,1,5,7,10-11,18-19H2,2-4H3/q+1/b15-14-. The van der Waals surface area contributed by atoms with E-state index in [1.165, 1.54) is 0 Å². The molecule has 0 heterocycles. The third kappa shape index (κ3) is 6.56. The molecule has 0 aromatic heterocycles. The smallest absolute Gasteiger partial charge is 0.212 e. The molecule has 0 amide bonds. The Morgan fingerprint density at radius 2 is 1.83 bits per heavy atom. The van der Waals surface area contributed by atoms with Crippen molar-refractivity contribution in [1.29, 1.82) is 0 Å². The Morgan fingerprint density at radius 1 is 1.14 bits per heavy atom. The van der Waals surface area contributed by atoms with Gasteiger partial charge in [-0.15, -0.1) is 0 Å². The maximum absolute atomic E-state index is 14.9. The number of rotatable bonds is 10. The number of benzene rings is 2. The molecule has 0 aliphatic rings. The van der Waals surface area contributed by atoms with Crippen molar-refractivity contribution < 1.29 is 8.97 Å². The first kappa shape index (κ1) is 22.9. The first-order valence-corrected chi connectivity index (χ1v) is 10.3. The Hall–Kier alpha value is -2.42. The maximum Gasteiger partial charge on any atom is 0.212 e. The minimum Gasteiger partial charge on any atom is -0.239 e. The van der Waals surface area contributed by atoms with Gasteiger partial charge in [-0.2, -0.15) is 0 Å². The molecule has 1 nitrogen and oxygen atoms in total. The molecule has 3 heteroatoms. The van der Waals surface area contributed by atoms with Gasteiger partial charge in [0.1, 0.15) is 26.8 Å². The van der Waals surface area contributed by atoms with Crippen LogP contribution in [-0.4, -0.2) is 25.7 Å². The van der Waals surface area contributed by atoms with Crippen LogP contribution in [0.4, 0.5) is 10.1 Å². The lowest BCUT2D eigenvalue weighted by atomic mass is 9.87. The SMILES string of the molecule is [B]c1ccc([N+](=C)CCCCCC(C)(F)c2ccccc2)c(/C=C\C(=C)C)c1C. The molecule has 2 rings (SSSR count). The predicted octanol–water partition coefficient (Wildman–Crippen LogP) is 6.17. The number of hydrogen-bond donors (Lipinski definition) is 0. The lowest BCUT2D eigenvalue weighted by Gasteiger charge is -2.20. The molecule has 1 unspecified atom stereocenters. The van der Waals surface area contributed by atoms with E-state index in [1.54, 1.807) is 6.92 Å². The summed E-state index contributed by atoms with van der Waals surface area (Å²) in [6, 6.07) is 13.4. The van der Waals surface area contributed by atoms with E-state index in [1.807, 2.05) is 67.0 Å². The minimum absolute atomic E-state index is 0.529. The van der Waals surface area contributed by atoms with Crippen LogP contribution in [0, 0.1) is 6.92 Å². The van der Waals surface area contributed by atoms with Crippen LogP contribution in [-0.2, 0) is 5.67 Å². The highest BCUT2D eigenvalue weighted by molar-refractivity contribution is 6.33. The molecule has 0 saturated carbocycles. The monoisotopic (exact) mass is 388 g/mol. The predicted molar refractivity (Wildman–Crippen MR) is 126 cm³/mol. The van der Waals surface area contributed by atoms with E-state index in [4.69, 9.17) is 7.85 Å². The van der Waals surface area contributed by atoms with Crippen LogP contribution >= 0.6 is 0 Å². The normalized spacial score (nSPS) is 13.4. The van der Waals surface area contributed by atoms with Gasteiger partial charge in [-0.25, -0.2) is 8.97 Å². The molecule has 29 heavy (non-hydrogen) atoms. The summed E-state index contributed by atoms with van der Waals surface area (Å²) in [5, 5.41) is 0. The van der Waals surface area contributed by atoms with Gasteiger partial charge in [0.15, 0.2) is 0 Å². The zero-order chi connectivity index (χ0) is 21.4. The number of nitrogens with zero attached hydrogens (tertiary/aromatic N) is 1. The highest BCUT2D eigenvalue weighted by atomic mass is 19.1. The summed E-state index contributed by atoms with van der Waals surface area (Å²) in [4.78, 5) is 0. The van der Waals surface area contributed by atoms with Gasteiger partial charge in [-0.05, 0) is 57.2 Å². The summed E-state index contributed by atoms with van der Waals surface area (Å²) in [7, 11) is 6.09. The van der Waals surface area contributed by atoms with Gasteiger partial charge in [0.2, 0.25) is 5.69 Å². The second-order valence-corrected chi connectivity index (χ2v) is 8.03. The van der Waals surface area contributed by atoms with Gasteiger partial charge < -0.3 is 0 Å². The highest BCUT2D eigenvalue weighted by Crippen LogP contribution is 2.31. The number of halogens is 1. The Kier molecular flexibility index (Phi) is 8.19. The van der Waals surface area contributed by atoms with Crippen molar-refractivity contribution in [2.45, 2.75) is 52.1 Å². The van der Waals surface area contributed by atoms with Crippen molar-refractivity contribution >= 4 is 31.8 Å². The number of hydrogen-bond acceptors (Lipinski definition) is 0.